The fourth-order valence-corrected chi connectivity index (χ4v) is 4.03. The van der Waals surface area contributed by atoms with E-state index in [1.165, 1.54) is 0 Å². The second-order valence-electron chi connectivity index (χ2n) is 5.42. The highest BCUT2D eigenvalue weighted by atomic mass is 32.2. The predicted molar refractivity (Wildman–Crippen MR) is 76.4 cm³/mol. The SMILES string of the molecule is CSc1ccccc1C(=O)N1C2CCC1CC(O)C2. The average Bonchev–Trinajstić information content (AvgIpc) is 2.70. The summed E-state index contributed by atoms with van der Waals surface area (Å²) < 4.78 is 0. The molecule has 0 aromatic heterocycles. The number of amides is 1. The van der Waals surface area contributed by atoms with Gasteiger partial charge in [-0.25, -0.2) is 0 Å². The van der Waals surface area contributed by atoms with Crippen molar-refractivity contribution in [2.24, 2.45) is 0 Å². The number of hydrogen-bond acceptors (Lipinski definition) is 3. The first kappa shape index (κ1) is 13.0. The Hall–Kier alpha value is -1.00. The molecular weight excluding hydrogens is 258 g/mol. The number of fused-ring (bicyclic) bond motifs is 2. The van der Waals surface area contributed by atoms with E-state index in [1.807, 2.05) is 35.4 Å². The van der Waals surface area contributed by atoms with Crippen LogP contribution in [-0.4, -0.2) is 40.4 Å². The smallest absolute Gasteiger partial charge is 0.255 e. The molecule has 1 aromatic rings. The van der Waals surface area contributed by atoms with Crippen LogP contribution < -0.4 is 0 Å². The number of nitrogens with zero attached hydrogens (tertiary/aromatic N) is 1. The van der Waals surface area contributed by atoms with Gasteiger partial charge >= 0.3 is 0 Å². The van der Waals surface area contributed by atoms with Gasteiger partial charge in [0, 0.05) is 17.0 Å². The van der Waals surface area contributed by atoms with Crippen molar-refractivity contribution in [1.29, 1.82) is 0 Å². The van der Waals surface area contributed by atoms with Gasteiger partial charge in [0.1, 0.15) is 0 Å². The molecule has 2 atom stereocenters. The van der Waals surface area contributed by atoms with E-state index in [0.717, 1.165) is 36.1 Å². The van der Waals surface area contributed by atoms with Crippen LogP contribution in [0, 0.1) is 0 Å². The summed E-state index contributed by atoms with van der Waals surface area (Å²) in [5, 5.41) is 9.82. The molecule has 3 rings (SSSR count). The van der Waals surface area contributed by atoms with Crippen molar-refractivity contribution in [3.05, 3.63) is 29.8 Å². The largest absolute Gasteiger partial charge is 0.393 e. The minimum atomic E-state index is -0.225. The summed E-state index contributed by atoms with van der Waals surface area (Å²) in [6.07, 6.45) is 5.33. The number of aliphatic hydroxyl groups is 1. The highest BCUT2D eigenvalue weighted by Crippen LogP contribution is 2.37. The normalized spacial score (nSPS) is 29.6. The molecule has 102 valence electrons. The Bertz CT molecular complexity index is 477. The highest BCUT2D eigenvalue weighted by molar-refractivity contribution is 7.98. The molecule has 19 heavy (non-hydrogen) atoms. The fourth-order valence-electron chi connectivity index (χ4n) is 3.44. The first-order chi connectivity index (χ1) is 9.20. The fraction of sp³-hybridized carbons (Fsp3) is 0.533. The van der Waals surface area contributed by atoms with Gasteiger partial charge in [-0.2, -0.15) is 0 Å². The maximum Gasteiger partial charge on any atom is 0.255 e. The van der Waals surface area contributed by atoms with Crippen molar-refractivity contribution in [2.45, 2.75) is 48.8 Å². The summed E-state index contributed by atoms with van der Waals surface area (Å²) in [7, 11) is 0. The number of benzene rings is 1. The lowest BCUT2D eigenvalue weighted by Crippen LogP contribution is -2.48. The van der Waals surface area contributed by atoms with E-state index in [-0.39, 0.29) is 24.1 Å². The van der Waals surface area contributed by atoms with Crippen LogP contribution in [-0.2, 0) is 0 Å². The van der Waals surface area contributed by atoms with E-state index in [4.69, 9.17) is 0 Å². The molecule has 2 aliphatic heterocycles. The van der Waals surface area contributed by atoms with Crippen LogP contribution >= 0.6 is 11.8 Å². The molecule has 1 N–H and O–H groups in total. The third-order valence-corrected chi connectivity index (χ3v) is 5.08. The first-order valence-electron chi connectivity index (χ1n) is 6.84. The van der Waals surface area contributed by atoms with Crippen LogP contribution in [0.15, 0.2) is 29.2 Å². The van der Waals surface area contributed by atoms with Crippen molar-refractivity contribution in [3.8, 4) is 0 Å². The number of aliphatic hydroxyl groups excluding tert-OH is 1. The molecule has 2 unspecified atom stereocenters. The van der Waals surface area contributed by atoms with E-state index >= 15 is 0 Å². The summed E-state index contributed by atoms with van der Waals surface area (Å²) in [6.45, 7) is 0. The molecule has 4 heteroatoms. The van der Waals surface area contributed by atoms with E-state index in [0.29, 0.717) is 0 Å². The standard InChI is InChI=1S/C15H19NO2S/c1-19-14-5-3-2-4-13(14)15(18)16-10-6-7-11(16)9-12(17)8-10/h2-5,10-12,17H,6-9H2,1H3. The lowest BCUT2D eigenvalue weighted by atomic mass is 9.99. The molecule has 2 saturated heterocycles. The lowest BCUT2D eigenvalue weighted by molar-refractivity contribution is 0.0284. The van der Waals surface area contributed by atoms with Gasteiger partial charge in [-0.05, 0) is 44.1 Å². The summed E-state index contributed by atoms with van der Waals surface area (Å²) in [4.78, 5) is 15.8. The van der Waals surface area contributed by atoms with E-state index in [9.17, 15) is 9.90 Å². The van der Waals surface area contributed by atoms with Crippen LogP contribution in [0.1, 0.15) is 36.0 Å². The predicted octanol–water partition coefficient (Wildman–Crippen LogP) is 2.54. The topological polar surface area (TPSA) is 40.5 Å². The monoisotopic (exact) mass is 277 g/mol. The van der Waals surface area contributed by atoms with Gasteiger partial charge in [0.15, 0.2) is 0 Å². The van der Waals surface area contributed by atoms with Gasteiger partial charge in [0.2, 0.25) is 0 Å². The van der Waals surface area contributed by atoms with Gasteiger partial charge in [0.05, 0.1) is 11.7 Å². The van der Waals surface area contributed by atoms with Gasteiger partial charge in [-0.15, -0.1) is 11.8 Å². The third-order valence-electron chi connectivity index (χ3n) is 4.28. The molecule has 1 aromatic carbocycles. The van der Waals surface area contributed by atoms with Crippen molar-refractivity contribution in [3.63, 3.8) is 0 Å². The van der Waals surface area contributed by atoms with E-state index in [1.54, 1.807) is 11.8 Å². The maximum absolute atomic E-state index is 12.8. The Kier molecular flexibility index (Phi) is 3.54. The number of hydrogen-bond donors (Lipinski definition) is 1. The molecule has 0 radical (unpaired) electrons. The lowest BCUT2D eigenvalue weighted by Gasteiger charge is -2.37. The zero-order valence-electron chi connectivity index (χ0n) is 11.1. The van der Waals surface area contributed by atoms with Gasteiger partial charge in [-0.1, -0.05) is 12.1 Å². The molecule has 2 heterocycles. The molecule has 3 nitrogen and oxygen atoms in total. The molecule has 2 bridgehead atoms. The second-order valence-corrected chi connectivity index (χ2v) is 6.27. The van der Waals surface area contributed by atoms with Crippen LogP contribution in [0.2, 0.25) is 0 Å². The van der Waals surface area contributed by atoms with Crippen molar-refractivity contribution < 1.29 is 9.90 Å². The summed E-state index contributed by atoms with van der Waals surface area (Å²) in [5.41, 5.74) is 0.809. The minimum Gasteiger partial charge on any atom is -0.393 e. The number of thioether (sulfide) groups is 1. The van der Waals surface area contributed by atoms with E-state index in [2.05, 4.69) is 0 Å². The molecule has 0 aliphatic carbocycles. The number of rotatable bonds is 2. The average molecular weight is 277 g/mol. The zero-order valence-corrected chi connectivity index (χ0v) is 11.9. The highest BCUT2D eigenvalue weighted by Gasteiger charge is 2.43. The minimum absolute atomic E-state index is 0.143. The second kappa shape index (κ2) is 5.17. The summed E-state index contributed by atoms with van der Waals surface area (Å²) in [6, 6.07) is 8.27. The van der Waals surface area contributed by atoms with Crippen LogP contribution in [0.3, 0.4) is 0 Å². The van der Waals surface area contributed by atoms with Crippen molar-refractivity contribution in [2.75, 3.05) is 6.26 Å². The van der Waals surface area contributed by atoms with Gasteiger partial charge in [-0.3, -0.25) is 4.79 Å². The van der Waals surface area contributed by atoms with Crippen LogP contribution in [0.4, 0.5) is 0 Å². The number of carbonyl (C=O) groups excluding carboxylic acids is 1. The summed E-state index contributed by atoms with van der Waals surface area (Å²) in [5.74, 6) is 0.143. The van der Waals surface area contributed by atoms with E-state index < -0.39 is 0 Å². The Morgan fingerprint density at radius 3 is 2.53 bits per heavy atom. The van der Waals surface area contributed by atoms with Gasteiger partial charge < -0.3 is 10.0 Å². The maximum atomic E-state index is 12.8. The quantitative estimate of drug-likeness (QED) is 0.845. The number of piperidine rings is 1. The third kappa shape index (κ3) is 2.28. The van der Waals surface area contributed by atoms with Crippen LogP contribution in [0.5, 0.6) is 0 Å². The molecule has 0 saturated carbocycles. The zero-order chi connectivity index (χ0) is 13.4. The molecule has 0 spiro atoms. The van der Waals surface area contributed by atoms with Crippen LogP contribution in [0.25, 0.3) is 0 Å². The number of carbonyl (C=O) groups is 1. The Morgan fingerprint density at radius 1 is 1.26 bits per heavy atom. The molecular formula is C15H19NO2S. The van der Waals surface area contributed by atoms with Crippen molar-refractivity contribution in [1.82, 2.24) is 4.90 Å². The van der Waals surface area contributed by atoms with Crippen molar-refractivity contribution >= 4 is 17.7 Å². The molecule has 2 aliphatic rings. The Balaban J connectivity index is 1.89. The Labute approximate surface area is 118 Å². The summed E-state index contributed by atoms with van der Waals surface area (Å²) >= 11 is 1.61. The Morgan fingerprint density at radius 2 is 1.89 bits per heavy atom. The first-order valence-corrected chi connectivity index (χ1v) is 8.07. The molecule has 1 amide bonds. The van der Waals surface area contributed by atoms with Gasteiger partial charge in [0.25, 0.3) is 5.91 Å². The molecule has 2 fully saturated rings.